The third-order valence-electron chi connectivity index (χ3n) is 6.04. The number of nitrogens with zero attached hydrogens (tertiary/aromatic N) is 1. The maximum absolute atomic E-state index is 3.69. The Hall–Kier alpha value is -1.80. The van der Waals surface area contributed by atoms with Crippen LogP contribution in [0.1, 0.15) is 55.4 Å². The van der Waals surface area contributed by atoms with E-state index in [-0.39, 0.29) is 5.41 Å². The third-order valence-corrected chi connectivity index (χ3v) is 6.04. The van der Waals surface area contributed by atoms with Crippen molar-refractivity contribution in [1.29, 1.82) is 0 Å². The number of nitrogens with one attached hydrogen (secondary N) is 1. The summed E-state index contributed by atoms with van der Waals surface area (Å²) in [6.45, 7) is 10.6. The van der Waals surface area contributed by atoms with Gasteiger partial charge in [-0.3, -0.25) is 0 Å². The number of rotatable bonds is 3. The van der Waals surface area contributed by atoms with Gasteiger partial charge in [0.15, 0.2) is 0 Å². The van der Waals surface area contributed by atoms with Gasteiger partial charge in [-0.1, -0.05) is 50.1 Å². The Kier molecular flexibility index (Phi) is 4.33. The second-order valence-corrected chi connectivity index (χ2v) is 8.33. The molecular weight excluding hydrogens is 304 g/mol. The molecular formula is C23H30N2. The Bertz CT molecular complexity index is 770. The molecule has 0 aliphatic carbocycles. The molecule has 132 valence electrons. The van der Waals surface area contributed by atoms with Crippen LogP contribution in [-0.4, -0.2) is 24.5 Å². The maximum atomic E-state index is 3.69. The van der Waals surface area contributed by atoms with E-state index in [1.54, 1.807) is 0 Å². The Morgan fingerprint density at radius 3 is 2.52 bits per heavy atom. The lowest BCUT2D eigenvalue weighted by molar-refractivity contribution is 0.231. The fraction of sp³-hybridized carbons (Fsp3) is 0.478. The second kappa shape index (κ2) is 6.49. The molecule has 2 nitrogen and oxygen atoms in total. The van der Waals surface area contributed by atoms with Gasteiger partial charge in [0.2, 0.25) is 0 Å². The van der Waals surface area contributed by atoms with Gasteiger partial charge in [0.05, 0.1) is 0 Å². The van der Waals surface area contributed by atoms with Gasteiger partial charge in [0.1, 0.15) is 0 Å². The molecule has 0 saturated carbocycles. The molecule has 0 atom stereocenters. The van der Waals surface area contributed by atoms with E-state index in [0.717, 1.165) is 6.42 Å². The zero-order valence-electron chi connectivity index (χ0n) is 15.9. The molecule has 0 unspecified atom stereocenters. The van der Waals surface area contributed by atoms with Crippen LogP contribution in [0.4, 0.5) is 11.4 Å². The van der Waals surface area contributed by atoms with Gasteiger partial charge in [0.25, 0.3) is 0 Å². The van der Waals surface area contributed by atoms with Crippen LogP contribution in [0.2, 0.25) is 0 Å². The first-order valence-corrected chi connectivity index (χ1v) is 9.78. The highest BCUT2D eigenvalue weighted by atomic mass is 15.1. The van der Waals surface area contributed by atoms with Crippen molar-refractivity contribution >= 4 is 11.4 Å². The highest BCUT2D eigenvalue weighted by molar-refractivity contribution is 5.76. The molecule has 1 saturated heterocycles. The minimum absolute atomic E-state index is 0.0489. The highest BCUT2D eigenvalue weighted by Crippen LogP contribution is 2.45. The molecule has 0 spiro atoms. The molecule has 2 aromatic rings. The van der Waals surface area contributed by atoms with Crippen LogP contribution in [0.25, 0.3) is 0 Å². The summed E-state index contributed by atoms with van der Waals surface area (Å²) in [5.74, 6) is 0. The van der Waals surface area contributed by atoms with Gasteiger partial charge < -0.3 is 10.2 Å². The molecule has 1 N–H and O–H groups in total. The number of aryl methyl sites for hydroxylation is 1. The molecule has 2 aromatic carbocycles. The predicted octanol–water partition coefficient (Wildman–Crippen LogP) is 5.41. The maximum Gasteiger partial charge on any atom is 0.0428 e. The molecule has 0 bridgehead atoms. The molecule has 1 fully saturated rings. The first-order valence-electron chi connectivity index (χ1n) is 9.78. The largest absolute Gasteiger partial charge is 0.355 e. The number of likely N-dealkylation sites (tertiary alicyclic amines) is 1. The van der Waals surface area contributed by atoms with Crippen molar-refractivity contribution in [3.05, 3.63) is 58.7 Å². The molecule has 2 aliphatic heterocycles. The van der Waals surface area contributed by atoms with Crippen LogP contribution >= 0.6 is 0 Å². The average molecular weight is 335 g/mol. The first kappa shape index (κ1) is 16.7. The van der Waals surface area contributed by atoms with Crippen LogP contribution in [0.3, 0.4) is 0 Å². The summed E-state index contributed by atoms with van der Waals surface area (Å²) in [5.41, 5.74) is 8.19. The average Bonchev–Trinajstić information content (AvgIpc) is 2.61. The van der Waals surface area contributed by atoms with E-state index >= 15 is 0 Å². The third kappa shape index (κ3) is 3.20. The zero-order valence-corrected chi connectivity index (χ0v) is 15.9. The van der Waals surface area contributed by atoms with E-state index in [4.69, 9.17) is 0 Å². The second-order valence-electron chi connectivity index (χ2n) is 8.33. The summed E-state index contributed by atoms with van der Waals surface area (Å²) in [5, 5.41) is 3.69. The van der Waals surface area contributed by atoms with Crippen molar-refractivity contribution < 1.29 is 0 Å². The van der Waals surface area contributed by atoms with Gasteiger partial charge in [-0.2, -0.15) is 0 Å². The van der Waals surface area contributed by atoms with Crippen LogP contribution in [0, 0.1) is 6.92 Å². The minimum atomic E-state index is 0.0489. The van der Waals surface area contributed by atoms with Crippen molar-refractivity contribution in [3.63, 3.8) is 0 Å². The Morgan fingerprint density at radius 2 is 1.72 bits per heavy atom. The van der Waals surface area contributed by atoms with Crippen molar-refractivity contribution in [3.8, 4) is 0 Å². The standard InChI is InChI=1S/C23H30N2/c1-17-7-10-21-20(15-17)23(2,3)19-9-8-18(16-22(19)24-21)11-14-25-12-5-4-6-13-25/h7-10,15-16,24H,4-6,11-14H2,1-3H3. The SMILES string of the molecule is Cc1ccc2c(c1)C(C)(C)c1ccc(CCN3CCCCC3)cc1N2. The lowest BCUT2D eigenvalue weighted by Crippen LogP contribution is -2.31. The van der Waals surface area contributed by atoms with Crippen molar-refractivity contribution in [2.24, 2.45) is 0 Å². The van der Waals surface area contributed by atoms with Gasteiger partial charge in [-0.25, -0.2) is 0 Å². The van der Waals surface area contributed by atoms with Gasteiger partial charge in [0, 0.05) is 23.3 Å². The number of hydrogen-bond donors (Lipinski definition) is 1. The van der Waals surface area contributed by atoms with Gasteiger partial charge >= 0.3 is 0 Å². The van der Waals surface area contributed by atoms with Crippen molar-refractivity contribution in [2.75, 3.05) is 25.0 Å². The molecule has 0 radical (unpaired) electrons. The summed E-state index contributed by atoms with van der Waals surface area (Å²) < 4.78 is 0. The number of anilines is 2. The monoisotopic (exact) mass is 334 g/mol. The zero-order chi connectivity index (χ0) is 17.4. The summed E-state index contributed by atoms with van der Waals surface area (Å²) in [6, 6.07) is 13.8. The van der Waals surface area contributed by atoms with E-state index < -0.39 is 0 Å². The smallest absolute Gasteiger partial charge is 0.0428 e. The van der Waals surface area contributed by atoms with Crippen molar-refractivity contribution in [1.82, 2.24) is 4.90 Å². The summed E-state index contributed by atoms with van der Waals surface area (Å²) >= 11 is 0. The molecule has 2 heterocycles. The molecule has 2 aliphatic rings. The minimum Gasteiger partial charge on any atom is -0.355 e. The normalized spacial score (nSPS) is 19.0. The van der Waals surface area contributed by atoms with Crippen LogP contribution in [-0.2, 0) is 11.8 Å². The van der Waals surface area contributed by atoms with E-state index in [1.807, 2.05) is 0 Å². The van der Waals surface area contributed by atoms with E-state index in [1.165, 1.54) is 72.5 Å². The summed E-state index contributed by atoms with van der Waals surface area (Å²) in [7, 11) is 0. The first-order chi connectivity index (χ1) is 12.0. The number of benzene rings is 2. The lowest BCUT2D eigenvalue weighted by Gasteiger charge is -2.36. The fourth-order valence-corrected chi connectivity index (χ4v) is 4.44. The fourth-order valence-electron chi connectivity index (χ4n) is 4.44. The van der Waals surface area contributed by atoms with E-state index in [0.29, 0.717) is 0 Å². The molecule has 4 rings (SSSR count). The van der Waals surface area contributed by atoms with E-state index in [9.17, 15) is 0 Å². The van der Waals surface area contributed by atoms with Crippen LogP contribution in [0.15, 0.2) is 36.4 Å². The van der Waals surface area contributed by atoms with Gasteiger partial charge in [-0.05, 0) is 68.1 Å². The summed E-state index contributed by atoms with van der Waals surface area (Å²) in [6.07, 6.45) is 5.30. The number of hydrogen-bond acceptors (Lipinski definition) is 2. The Morgan fingerprint density at radius 1 is 0.920 bits per heavy atom. The molecule has 0 aromatic heterocycles. The molecule has 25 heavy (non-hydrogen) atoms. The van der Waals surface area contributed by atoms with E-state index in [2.05, 4.69) is 67.4 Å². The molecule has 0 amide bonds. The highest BCUT2D eigenvalue weighted by Gasteiger charge is 2.32. The Balaban J connectivity index is 1.57. The number of piperidine rings is 1. The number of fused-ring (bicyclic) bond motifs is 2. The quantitative estimate of drug-likeness (QED) is 0.808. The Labute approximate surface area is 152 Å². The summed E-state index contributed by atoms with van der Waals surface area (Å²) in [4.78, 5) is 2.62. The van der Waals surface area contributed by atoms with Crippen LogP contribution < -0.4 is 5.32 Å². The molecule has 2 heteroatoms. The topological polar surface area (TPSA) is 15.3 Å². The van der Waals surface area contributed by atoms with Crippen LogP contribution in [0.5, 0.6) is 0 Å². The predicted molar refractivity (Wildman–Crippen MR) is 107 cm³/mol. The lowest BCUT2D eigenvalue weighted by atomic mass is 9.73. The van der Waals surface area contributed by atoms with Gasteiger partial charge in [-0.15, -0.1) is 0 Å². The van der Waals surface area contributed by atoms with Crippen molar-refractivity contribution in [2.45, 2.75) is 51.9 Å².